The highest BCUT2D eigenvalue weighted by Gasteiger charge is 2.31. The molecular formula is C21H34N2O4. The highest BCUT2D eigenvalue weighted by Crippen LogP contribution is 2.29. The van der Waals surface area contributed by atoms with E-state index in [0.29, 0.717) is 25.2 Å². The molecule has 27 heavy (non-hydrogen) atoms. The van der Waals surface area contributed by atoms with Crippen molar-refractivity contribution in [1.82, 2.24) is 10.6 Å². The largest absolute Gasteiger partial charge is 0.481 e. The van der Waals surface area contributed by atoms with Crippen molar-refractivity contribution in [1.29, 1.82) is 0 Å². The number of carboxylic acid groups (broad SMARTS) is 1. The molecule has 0 aliphatic heterocycles. The Balaban J connectivity index is 1.33. The van der Waals surface area contributed by atoms with Crippen molar-refractivity contribution in [3.8, 4) is 0 Å². The van der Waals surface area contributed by atoms with Gasteiger partial charge in [-0.05, 0) is 70.1 Å². The van der Waals surface area contributed by atoms with Crippen LogP contribution in [0.25, 0.3) is 0 Å². The average Bonchev–Trinajstić information content (AvgIpc) is 3.15. The van der Waals surface area contributed by atoms with Crippen LogP contribution >= 0.6 is 0 Å². The quantitative estimate of drug-likeness (QED) is 0.662. The smallest absolute Gasteiger partial charge is 0.306 e. The number of hydrogen-bond donors (Lipinski definition) is 3. The lowest BCUT2D eigenvalue weighted by Crippen LogP contribution is -2.44. The zero-order valence-corrected chi connectivity index (χ0v) is 16.3. The fourth-order valence-corrected chi connectivity index (χ4v) is 5.07. The van der Waals surface area contributed by atoms with Crippen LogP contribution in [0.5, 0.6) is 0 Å². The van der Waals surface area contributed by atoms with Crippen LogP contribution in [-0.4, -0.2) is 35.0 Å². The minimum Gasteiger partial charge on any atom is -0.481 e. The molecule has 6 heteroatoms. The summed E-state index contributed by atoms with van der Waals surface area (Å²) in [4.78, 5) is 35.7. The molecule has 0 aromatic rings. The first-order valence-electron chi connectivity index (χ1n) is 10.8. The Bertz CT molecular complexity index is 528. The Morgan fingerprint density at radius 2 is 1.22 bits per heavy atom. The van der Waals surface area contributed by atoms with Gasteiger partial charge < -0.3 is 15.7 Å². The summed E-state index contributed by atoms with van der Waals surface area (Å²) in [5.41, 5.74) is 0. The topological polar surface area (TPSA) is 95.5 Å². The van der Waals surface area contributed by atoms with Crippen LogP contribution < -0.4 is 10.6 Å². The Kier molecular flexibility index (Phi) is 7.13. The molecule has 3 aliphatic rings. The highest BCUT2D eigenvalue weighted by atomic mass is 16.4. The highest BCUT2D eigenvalue weighted by molar-refractivity contribution is 5.79. The molecule has 0 bridgehead atoms. The van der Waals surface area contributed by atoms with Crippen LogP contribution in [0, 0.1) is 17.8 Å². The summed E-state index contributed by atoms with van der Waals surface area (Å²) in [6, 6.07) is 0.339. The Morgan fingerprint density at radius 3 is 1.78 bits per heavy atom. The summed E-state index contributed by atoms with van der Waals surface area (Å²) in [6.45, 7) is 0. The predicted octanol–water partition coefficient (Wildman–Crippen LogP) is 3.00. The van der Waals surface area contributed by atoms with Crippen LogP contribution in [0.3, 0.4) is 0 Å². The summed E-state index contributed by atoms with van der Waals surface area (Å²) < 4.78 is 0. The van der Waals surface area contributed by atoms with E-state index in [1.165, 1.54) is 25.7 Å². The summed E-state index contributed by atoms with van der Waals surface area (Å²) >= 11 is 0. The van der Waals surface area contributed by atoms with Crippen molar-refractivity contribution in [3.63, 3.8) is 0 Å². The first-order chi connectivity index (χ1) is 13.0. The molecule has 0 spiro atoms. The number of carbonyl (C=O) groups is 3. The lowest BCUT2D eigenvalue weighted by atomic mass is 9.83. The maximum atomic E-state index is 12.5. The number of carbonyl (C=O) groups excluding carboxylic acids is 2. The van der Waals surface area contributed by atoms with Crippen LogP contribution in [0.15, 0.2) is 0 Å². The number of hydrogen-bond acceptors (Lipinski definition) is 3. The number of aliphatic carboxylic acids is 1. The summed E-state index contributed by atoms with van der Waals surface area (Å²) in [7, 11) is 0. The summed E-state index contributed by atoms with van der Waals surface area (Å²) in [6.07, 6.45) is 11.8. The molecule has 6 nitrogen and oxygen atoms in total. The van der Waals surface area contributed by atoms with Crippen molar-refractivity contribution < 1.29 is 19.5 Å². The minimum atomic E-state index is -0.715. The zero-order valence-electron chi connectivity index (χ0n) is 16.3. The van der Waals surface area contributed by atoms with Crippen molar-refractivity contribution in [2.24, 2.45) is 17.8 Å². The van der Waals surface area contributed by atoms with Gasteiger partial charge in [0.05, 0.1) is 5.92 Å². The molecule has 0 aromatic carbocycles. The summed E-state index contributed by atoms with van der Waals surface area (Å²) in [5, 5.41) is 15.4. The predicted molar refractivity (Wildman–Crippen MR) is 102 cm³/mol. The second-order valence-electron chi connectivity index (χ2n) is 8.87. The second kappa shape index (κ2) is 9.56. The van der Waals surface area contributed by atoms with E-state index in [9.17, 15) is 14.4 Å². The Labute approximate surface area is 161 Å². The standard InChI is InChI=1S/C21H34N2O4/c24-19(13-14-3-1-2-4-14)22-17-9-5-15(6-10-17)20(25)23-18-11-7-16(8-12-18)21(26)27/h14-18H,1-13H2,(H,22,24)(H,23,25)(H,26,27). The maximum Gasteiger partial charge on any atom is 0.306 e. The molecule has 0 saturated heterocycles. The van der Waals surface area contributed by atoms with Gasteiger partial charge in [0, 0.05) is 24.4 Å². The van der Waals surface area contributed by atoms with E-state index >= 15 is 0 Å². The van der Waals surface area contributed by atoms with E-state index in [1.54, 1.807) is 0 Å². The zero-order chi connectivity index (χ0) is 19.2. The van der Waals surface area contributed by atoms with E-state index < -0.39 is 5.97 Å². The lowest BCUT2D eigenvalue weighted by Gasteiger charge is -2.31. The molecule has 3 N–H and O–H groups in total. The fourth-order valence-electron chi connectivity index (χ4n) is 5.07. The lowest BCUT2D eigenvalue weighted by molar-refractivity contribution is -0.142. The summed E-state index contributed by atoms with van der Waals surface area (Å²) in [5.74, 6) is -0.0578. The first kappa shape index (κ1) is 20.2. The number of rotatable bonds is 6. The van der Waals surface area contributed by atoms with Gasteiger partial charge in [-0.1, -0.05) is 12.8 Å². The SMILES string of the molecule is O=C(CC1CCCC1)NC1CCC(C(=O)NC2CCC(C(=O)O)CC2)CC1. The molecule has 0 unspecified atom stereocenters. The van der Waals surface area contributed by atoms with Crippen molar-refractivity contribution >= 4 is 17.8 Å². The second-order valence-corrected chi connectivity index (χ2v) is 8.87. The van der Waals surface area contributed by atoms with Crippen LogP contribution in [0.2, 0.25) is 0 Å². The van der Waals surface area contributed by atoms with E-state index in [4.69, 9.17) is 5.11 Å². The van der Waals surface area contributed by atoms with Gasteiger partial charge in [0.15, 0.2) is 0 Å². The first-order valence-corrected chi connectivity index (χ1v) is 10.8. The van der Waals surface area contributed by atoms with Gasteiger partial charge >= 0.3 is 5.97 Å². The number of amides is 2. The van der Waals surface area contributed by atoms with Gasteiger partial charge in [0.2, 0.25) is 11.8 Å². The Hall–Kier alpha value is -1.59. The number of carboxylic acids is 1. The van der Waals surface area contributed by atoms with Gasteiger partial charge in [-0.15, -0.1) is 0 Å². The normalized spacial score (nSPS) is 32.0. The molecule has 3 saturated carbocycles. The third kappa shape index (κ3) is 5.94. The molecule has 3 fully saturated rings. The van der Waals surface area contributed by atoms with Gasteiger partial charge in [-0.3, -0.25) is 14.4 Å². The maximum absolute atomic E-state index is 12.5. The molecule has 0 aromatic heterocycles. The van der Waals surface area contributed by atoms with Gasteiger partial charge in [0.25, 0.3) is 0 Å². The molecule has 2 amide bonds. The van der Waals surface area contributed by atoms with Crippen LogP contribution in [0.4, 0.5) is 0 Å². The third-order valence-corrected chi connectivity index (χ3v) is 6.83. The molecule has 0 heterocycles. The molecular weight excluding hydrogens is 344 g/mol. The minimum absolute atomic E-state index is 0.0326. The number of nitrogens with one attached hydrogen (secondary N) is 2. The van der Waals surface area contributed by atoms with Gasteiger partial charge in [0.1, 0.15) is 0 Å². The molecule has 3 aliphatic carbocycles. The van der Waals surface area contributed by atoms with Gasteiger partial charge in [-0.2, -0.15) is 0 Å². The monoisotopic (exact) mass is 378 g/mol. The van der Waals surface area contributed by atoms with Crippen molar-refractivity contribution in [3.05, 3.63) is 0 Å². The van der Waals surface area contributed by atoms with Gasteiger partial charge in [-0.25, -0.2) is 0 Å². The van der Waals surface area contributed by atoms with E-state index in [0.717, 1.165) is 38.5 Å². The molecule has 0 radical (unpaired) electrons. The average molecular weight is 379 g/mol. The molecule has 3 rings (SSSR count). The molecule has 152 valence electrons. The van der Waals surface area contributed by atoms with Crippen LogP contribution in [0.1, 0.15) is 83.5 Å². The van der Waals surface area contributed by atoms with Crippen molar-refractivity contribution in [2.75, 3.05) is 0 Å². The fraction of sp³-hybridized carbons (Fsp3) is 0.857. The van der Waals surface area contributed by atoms with Crippen LogP contribution in [-0.2, 0) is 14.4 Å². The van der Waals surface area contributed by atoms with E-state index in [1.807, 2.05) is 0 Å². The van der Waals surface area contributed by atoms with E-state index in [2.05, 4.69) is 10.6 Å². The Morgan fingerprint density at radius 1 is 0.704 bits per heavy atom. The van der Waals surface area contributed by atoms with E-state index in [-0.39, 0.29) is 35.7 Å². The van der Waals surface area contributed by atoms with Crippen molar-refractivity contribution in [2.45, 2.75) is 95.6 Å². The molecule has 0 atom stereocenters. The third-order valence-electron chi connectivity index (χ3n) is 6.83.